The fraction of sp³-hybridized carbons (Fsp3) is 0.158. The Morgan fingerprint density at radius 3 is 2.30 bits per heavy atom. The second-order valence-corrected chi connectivity index (χ2v) is 6.10. The summed E-state index contributed by atoms with van der Waals surface area (Å²) in [6, 6.07) is 15.1. The van der Waals surface area contributed by atoms with E-state index >= 15 is 0 Å². The van der Waals surface area contributed by atoms with Gasteiger partial charge in [0.25, 0.3) is 0 Å². The molecule has 2 aromatic rings. The molecule has 0 atom stereocenters. The molecule has 0 radical (unpaired) electrons. The number of aliphatic imine (C=N–C) groups is 1. The largest absolute Gasteiger partial charge is 0.402 e. The molecule has 0 N–H and O–H groups in total. The zero-order valence-electron chi connectivity index (χ0n) is 12.9. The number of esters is 1. The molecule has 1 heterocycles. The van der Waals surface area contributed by atoms with Gasteiger partial charge in [-0.3, -0.25) is 0 Å². The second kappa shape index (κ2) is 6.39. The monoisotopic (exact) mass is 325 g/mol. The van der Waals surface area contributed by atoms with Crippen molar-refractivity contribution in [1.82, 2.24) is 0 Å². The first-order valence-electron chi connectivity index (χ1n) is 7.41. The van der Waals surface area contributed by atoms with Crippen LogP contribution in [-0.2, 0) is 9.53 Å². The van der Waals surface area contributed by atoms with Crippen LogP contribution in [0, 0.1) is 0 Å². The smallest absolute Gasteiger partial charge is 0.363 e. The highest BCUT2D eigenvalue weighted by Gasteiger charge is 2.24. The van der Waals surface area contributed by atoms with Gasteiger partial charge in [-0.25, -0.2) is 9.79 Å². The predicted octanol–water partition coefficient (Wildman–Crippen LogP) is 4.81. The molecule has 0 fully saturated rings. The number of carbonyl (C=O) groups excluding carboxylic acids is 1. The molecular weight excluding hydrogens is 310 g/mol. The third-order valence-electron chi connectivity index (χ3n) is 3.62. The van der Waals surface area contributed by atoms with Crippen molar-refractivity contribution in [2.75, 3.05) is 0 Å². The number of benzene rings is 2. The maximum absolute atomic E-state index is 12.0. The molecule has 0 saturated heterocycles. The molecule has 0 bridgehead atoms. The molecule has 0 spiro atoms. The Balaban J connectivity index is 1.87. The molecule has 4 heteroatoms. The lowest BCUT2D eigenvalue weighted by molar-refractivity contribution is -0.129. The molecule has 0 amide bonds. The van der Waals surface area contributed by atoms with Gasteiger partial charge in [-0.1, -0.05) is 49.7 Å². The third kappa shape index (κ3) is 3.51. The molecule has 0 saturated carbocycles. The Morgan fingerprint density at radius 1 is 1.04 bits per heavy atom. The molecule has 1 aliphatic rings. The highest BCUT2D eigenvalue weighted by molar-refractivity contribution is 6.30. The molecule has 0 aliphatic carbocycles. The van der Waals surface area contributed by atoms with Crippen LogP contribution in [-0.4, -0.2) is 11.9 Å². The maximum Gasteiger partial charge on any atom is 0.363 e. The number of carbonyl (C=O) groups is 1. The molecule has 23 heavy (non-hydrogen) atoms. The zero-order chi connectivity index (χ0) is 16.4. The van der Waals surface area contributed by atoms with Crippen molar-refractivity contribution >= 4 is 29.5 Å². The Bertz CT molecular complexity index is 787. The molecule has 1 aliphatic heterocycles. The molecule has 116 valence electrons. The standard InChI is InChI=1S/C19H16ClNO2/c1-12(2)14-5-3-13(4-6-14)11-17-19(22)23-18(21-17)15-7-9-16(20)10-8-15/h3-12H,1-2H3/b17-11+. The summed E-state index contributed by atoms with van der Waals surface area (Å²) in [5.74, 6) is 0.335. The van der Waals surface area contributed by atoms with E-state index in [1.165, 1.54) is 5.56 Å². The van der Waals surface area contributed by atoms with E-state index < -0.39 is 5.97 Å². The lowest BCUT2D eigenvalue weighted by Crippen LogP contribution is -2.05. The third-order valence-corrected chi connectivity index (χ3v) is 3.87. The van der Waals surface area contributed by atoms with Gasteiger partial charge in [0.05, 0.1) is 0 Å². The minimum atomic E-state index is -0.442. The van der Waals surface area contributed by atoms with Gasteiger partial charge in [0.2, 0.25) is 5.90 Å². The van der Waals surface area contributed by atoms with Crippen LogP contribution >= 0.6 is 11.6 Å². The van der Waals surface area contributed by atoms with Crippen molar-refractivity contribution in [2.24, 2.45) is 4.99 Å². The van der Waals surface area contributed by atoms with Gasteiger partial charge in [0, 0.05) is 10.6 Å². The van der Waals surface area contributed by atoms with E-state index in [-0.39, 0.29) is 0 Å². The van der Waals surface area contributed by atoms with Crippen molar-refractivity contribution in [3.63, 3.8) is 0 Å². The molecule has 0 unspecified atom stereocenters. The highest BCUT2D eigenvalue weighted by Crippen LogP contribution is 2.21. The van der Waals surface area contributed by atoms with E-state index in [1.807, 2.05) is 12.1 Å². The zero-order valence-corrected chi connectivity index (χ0v) is 13.7. The van der Waals surface area contributed by atoms with E-state index in [9.17, 15) is 4.79 Å². The van der Waals surface area contributed by atoms with Crippen LogP contribution < -0.4 is 0 Å². The predicted molar refractivity (Wildman–Crippen MR) is 92.6 cm³/mol. The lowest BCUT2D eigenvalue weighted by Gasteiger charge is -2.04. The summed E-state index contributed by atoms with van der Waals surface area (Å²) in [6.45, 7) is 4.29. The van der Waals surface area contributed by atoms with E-state index in [0.717, 1.165) is 11.1 Å². The van der Waals surface area contributed by atoms with Gasteiger partial charge in [-0.05, 0) is 47.4 Å². The molecule has 2 aromatic carbocycles. The minimum absolute atomic E-state index is 0.298. The Morgan fingerprint density at radius 2 is 1.70 bits per heavy atom. The van der Waals surface area contributed by atoms with Gasteiger partial charge in [-0.2, -0.15) is 0 Å². The van der Waals surface area contributed by atoms with Crippen LogP contribution in [0.25, 0.3) is 6.08 Å². The van der Waals surface area contributed by atoms with Gasteiger partial charge in [0.1, 0.15) is 0 Å². The van der Waals surface area contributed by atoms with E-state index in [2.05, 4.69) is 31.0 Å². The van der Waals surface area contributed by atoms with Crippen LogP contribution in [0.2, 0.25) is 5.02 Å². The van der Waals surface area contributed by atoms with Crippen LogP contribution in [0.1, 0.15) is 36.5 Å². The average molecular weight is 326 g/mol. The maximum atomic E-state index is 12.0. The summed E-state index contributed by atoms with van der Waals surface area (Å²) in [5.41, 5.74) is 3.20. The van der Waals surface area contributed by atoms with Gasteiger partial charge in [0.15, 0.2) is 5.70 Å². The summed E-state index contributed by atoms with van der Waals surface area (Å²) >= 11 is 5.86. The Labute approximate surface area is 140 Å². The Kier molecular flexibility index (Phi) is 4.30. The normalized spacial score (nSPS) is 15.9. The first-order chi connectivity index (χ1) is 11.0. The molecular formula is C19H16ClNO2. The van der Waals surface area contributed by atoms with Crippen LogP contribution in [0.5, 0.6) is 0 Å². The summed E-state index contributed by atoms with van der Waals surface area (Å²) in [6.07, 6.45) is 1.73. The topological polar surface area (TPSA) is 38.7 Å². The number of rotatable bonds is 3. The Hall–Kier alpha value is -2.39. The van der Waals surface area contributed by atoms with Gasteiger partial charge >= 0.3 is 5.97 Å². The van der Waals surface area contributed by atoms with Gasteiger partial charge < -0.3 is 4.74 Å². The average Bonchev–Trinajstić information content (AvgIpc) is 2.89. The molecule has 3 rings (SSSR count). The molecule has 3 nitrogen and oxygen atoms in total. The first-order valence-corrected chi connectivity index (χ1v) is 7.79. The summed E-state index contributed by atoms with van der Waals surface area (Å²) in [7, 11) is 0. The number of ether oxygens (including phenoxy) is 1. The van der Waals surface area contributed by atoms with E-state index in [4.69, 9.17) is 16.3 Å². The van der Waals surface area contributed by atoms with Crippen molar-refractivity contribution < 1.29 is 9.53 Å². The van der Waals surface area contributed by atoms with Crippen LogP contribution in [0.15, 0.2) is 59.2 Å². The second-order valence-electron chi connectivity index (χ2n) is 5.66. The fourth-order valence-electron chi connectivity index (χ4n) is 2.26. The number of hydrogen-bond donors (Lipinski definition) is 0. The summed E-state index contributed by atoms with van der Waals surface area (Å²) < 4.78 is 5.23. The van der Waals surface area contributed by atoms with Gasteiger partial charge in [-0.15, -0.1) is 0 Å². The minimum Gasteiger partial charge on any atom is -0.402 e. The highest BCUT2D eigenvalue weighted by atomic mass is 35.5. The van der Waals surface area contributed by atoms with Crippen molar-refractivity contribution in [2.45, 2.75) is 19.8 Å². The fourth-order valence-corrected chi connectivity index (χ4v) is 2.39. The van der Waals surface area contributed by atoms with E-state index in [1.54, 1.807) is 30.3 Å². The van der Waals surface area contributed by atoms with Crippen molar-refractivity contribution in [1.29, 1.82) is 0 Å². The van der Waals surface area contributed by atoms with Crippen molar-refractivity contribution in [3.05, 3.63) is 75.9 Å². The van der Waals surface area contributed by atoms with Crippen LogP contribution in [0.3, 0.4) is 0 Å². The number of nitrogens with zero attached hydrogens (tertiary/aromatic N) is 1. The first kappa shape index (κ1) is 15.5. The quantitative estimate of drug-likeness (QED) is 0.600. The SMILES string of the molecule is CC(C)c1ccc(/C=C2/N=C(c3ccc(Cl)cc3)OC2=O)cc1. The summed E-state index contributed by atoms with van der Waals surface area (Å²) in [4.78, 5) is 16.3. The lowest BCUT2D eigenvalue weighted by atomic mass is 10.0. The number of hydrogen-bond acceptors (Lipinski definition) is 3. The van der Waals surface area contributed by atoms with E-state index in [0.29, 0.717) is 22.5 Å². The number of cyclic esters (lactones) is 1. The molecule has 0 aromatic heterocycles. The van der Waals surface area contributed by atoms with Crippen molar-refractivity contribution in [3.8, 4) is 0 Å². The van der Waals surface area contributed by atoms with Crippen LogP contribution in [0.4, 0.5) is 0 Å². The number of halogens is 1. The summed E-state index contributed by atoms with van der Waals surface area (Å²) in [5, 5.41) is 0.625.